The number of esters is 1. The van der Waals surface area contributed by atoms with Gasteiger partial charge in [-0.15, -0.1) is 0 Å². The zero-order valence-electron chi connectivity index (χ0n) is 22.6. The van der Waals surface area contributed by atoms with Crippen molar-refractivity contribution in [3.63, 3.8) is 0 Å². The van der Waals surface area contributed by atoms with Crippen LogP contribution in [0.25, 0.3) is 11.1 Å². The van der Waals surface area contributed by atoms with E-state index in [1.165, 1.54) is 16.7 Å². The van der Waals surface area contributed by atoms with Gasteiger partial charge >= 0.3 is 5.97 Å². The molecule has 4 aromatic rings. The van der Waals surface area contributed by atoms with E-state index in [1.54, 1.807) is 25.1 Å². The third-order valence-electron chi connectivity index (χ3n) is 7.31. The average Bonchev–Trinajstić information content (AvgIpc) is 2.98. The van der Waals surface area contributed by atoms with Crippen LogP contribution in [0.4, 0.5) is 5.69 Å². The molecule has 1 fully saturated rings. The number of rotatable bonds is 8. The Kier molecular flexibility index (Phi) is 8.95. The summed E-state index contributed by atoms with van der Waals surface area (Å²) in [5.74, 6) is 0.496. The van der Waals surface area contributed by atoms with Crippen molar-refractivity contribution >= 4 is 34.9 Å². The number of benzene rings is 4. The van der Waals surface area contributed by atoms with Gasteiger partial charge in [0.2, 0.25) is 0 Å². The maximum Gasteiger partial charge on any atom is 0.341 e. The van der Waals surface area contributed by atoms with Crippen molar-refractivity contribution in [3.8, 4) is 22.6 Å². The minimum atomic E-state index is -0.422. The summed E-state index contributed by atoms with van der Waals surface area (Å²) in [7, 11) is 0. The van der Waals surface area contributed by atoms with Gasteiger partial charge in [-0.2, -0.15) is 0 Å². The lowest BCUT2D eigenvalue weighted by Gasteiger charge is -2.40. The van der Waals surface area contributed by atoms with Crippen molar-refractivity contribution in [1.82, 2.24) is 4.90 Å². The van der Waals surface area contributed by atoms with Gasteiger partial charge in [-0.3, -0.25) is 4.90 Å². The van der Waals surface area contributed by atoms with Crippen molar-refractivity contribution in [3.05, 3.63) is 112 Å². The molecule has 1 saturated heterocycles. The van der Waals surface area contributed by atoms with Crippen LogP contribution in [0.3, 0.4) is 0 Å². The average molecular weight is 576 g/mol. The molecule has 7 heteroatoms. The Labute approximate surface area is 245 Å². The molecular weight excluding hydrogens is 543 g/mol. The lowest BCUT2D eigenvalue weighted by atomic mass is 9.94. The Bertz CT molecular complexity index is 1470. The number of ether oxygens (including phenoxy) is 2. The van der Waals surface area contributed by atoms with Crippen molar-refractivity contribution in [1.29, 1.82) is 0 Å². The zero-order chi connectivity index (χ0) is 28.1. The molecule has 5 nitrogen and oxygen atoms in total. The van der Waals surface area contributed by atoms with Crippen LogP contribution in [0.1, 0.15) is 35.8 Å². The number of piperazine rings is 1. The second-order valence-electron chi connectivity index (χ2n) is 9.73. The first-order chi connectivity index (χ1) is 19.4. The van der Waals surface area contributed by atoms with Crippen LogP contribution in [-0.4, -0.2) is 43.7 Å². The topological polar surface area (TPSA) is 42.0 Å². The molecule has 206 valence electrons. The fraction of sp³-hybridized carbons (Fsp3) is 0.242. The van der Waals surface area contributed by atoms with E-state index in [1.807, 2.05) is 36.4 Å². The van der Waals surface area contributed by atoms with Crippen molar-refractivity contribution in [2.45, 2.75) is 19.9 Å². The molecule has 0 aromatic heterocycles. The molecular formula is C33H32Cl2N2O3. The molecule has 40 heavy (non-hydrogen) atoms. The molecule has 1 aliphatic rings. The lowest BCUT2D eigenvalue weighted by Crippen LogP contribution is -2.47. The smallest absolute Gasteiger partial charge is 0.341 e. The summed E-state index contributed by atoms with van der Waals surface area (Å²) in [5, 5.41) is 1.21. The molecule has 0 aliphatic carbocycles. The van der Waals surface area contributed by atoms with E-state index in [4.69, 9.17) is 32.7 Å². The lowest BCUT2D eigenvalue weighted by molar-refractivity contribution is 0.0523. The Balaban J connectivity index is 1.33. The summed E-state index contributed by atoms with van der Waals surface area (Å²) in [6, 6.07) is 29.7. The second kappa shape index (κ2) is 12.8. The highest BCUT2D eigenvalue weighted by atomic mass is 35.5. The van der Waals surface area contributed by atoms with E-state index in [0.717, 1.165) is 36.9 Å². The maximum absolute atomic E-state index is 12.7. The summed E-state index contributed by atoms with van der Waals surface area (Å²) in [6.45, 7) is 7.83. The normalized spacial score (nSPS) is 14.6. The predicted octanol–water partition coefficient (Wildman–Crippen LogP) is 8.51. The van der Waals surface area contributed by atoms with Crippen LogP contribution in [0.2, 0.25) is 10.0 Å². The van der Waals surface area contributed by atoms with Crippen molar-refractivity contribution in [2.24, 2.45) is 0 Å². The van der Waals surface area contributed by atoms with Crippen LogP contribution >= 0.6 is 23.2 Å². The molecule has 0 spiro atoms. The zero-order valence-corrected chi connectivity index (χ0v) is 24.2. The van der Waals surface area contributed by atoms with Gasteiger partial charge in [-0.25, -0.2) is 4.79 Å². The maximum atomic E-state index is 12.7. The molecule has 1 atom stereocenters. The monoisotopic (exact) mass is 574 g/mol. The van der Waals surface area contributed by atoms with Gasteiger partial charge in [0, 0.05) is 49.0 Å². The van der Waals surface area contributed by atoms with Gasteiger partial charge in [0.25, 0.3) is 0 Å². The number of nitrogens with zero attached hydrogens (tertiary/aromatic N) is 2. The van der Waals surface area contributed by atoms with E-state index in [2.05, 4.69) is 53.1 Å². The fourth-order valence-corrected chi connectivity index (χ4v) is 5.43. The summed E-state index contributed by atoms with van der Waals surface area (Å²) in [5.41, 5.74) is 5.05. The number of hydrogen-bond acceptors (Lipinski definition) is 5. The molecule has 4 aromatic carbocycles. The molecule has 5 rings (SSSR count). The summed E-state index contributed by atoms with van der Waals surface area (Å²) in [4.78, 5) is 17.5. The van der Waals surface area contributed by atoms with Crippen LogP contribution in [-0.2, 0) is 4.74 Å². The van der Waals surface area contributed by atoms with E-state index < -0.39 is 5.97 Å². The third kappa shape index (κ3) is 6.28. The van der Waals surface area contributed by atoms with Crippen LogP contribution < -0.4 is 9.64 Å². The molecule has 0 amide bonds. The number of anilines is 1. The largest absolute Gasteiger partial charge is 0.462 e. The van der Waals surface area contributed by atoms with Crippen molar-refractivity contribution in [2.75, 3.05) is 37.7 Å². The Morgan fingerprint density at radius 1 is 0.850 bits per heavy atom. The van der Waals surface area contributed by atoms with E-state index in [-0.39, 0.29) is 12.6 Å². The van der Waals surface area contributed by atoms with E-state index >= 15 is 0 Å². The molecule has 0 bridgehead atoms. The third-order valence-corrected chi connectivity index (χ3v) is 7.87. The van der Waals surface area contributed by atoms with Crippen LogP contribution in [0, 0.1) is 0 Å². The summed E-state index contributed by atoms with van der Waals surface area (Å²) >= 11 is 12.5. The van der Waals surface area contributed by atoms with Gasteiger partial charge in [0.15, 0.2) is 0 Å². The summed E-state index contributed by atoms with van der Waals surface area (Å²) in [6.07, 6.45) is 0. The molecule has 1 aliphatic heterocycles. The minimum absolute atomic E-state index is 0.249. The van der Waals surface area contributed by atoms with Crippen LogP contribution in [0.15, 0.2) is 91.0 Å². The second-order valence-corrected chi connectivity index (χ2v) is 10.6. The first-order valence-electron chi connectivity index (χ1n) is 13.5. The van der Waals surface area contributed by atoms with Gasteiger partial charge < -0.3 is 14.4 Å². The number of halogens is 2. The molecule has 0 saturated carbocycles. The highest BCUT2D eigenvalue weighted by molar-refractivity contribution is 6.32. The summed E-state index contributed by atoms with van der Waals surface area (Å²) < 4.78 is 11.4. The Morgan fingerprint density at radius 2 is 1.55 bits per heavy atom. The van der Waals surface area contributed by atoms with Gasteiger partial charge in [-0.05, 0) is 66.9 Å². The first-order valence-corrected chi connectivity index (χ1v) is 14.3. The quantitative estimate of drug-likeness (QED) is 0.197. The predicted molar refractivity (Wildman–Crippen MR) is 163 cm³/mol. The number of carbonyl (C=O) groups excluding carboxylic acids is 1. The van der Waals surface area contributed by atoms with E-state index in [9.17, 15) is 4.79 Å². The van der Waals surface area contributed by atoms with Gasteiger partial charge in [-0.1, -0.05) is 71.7 Å². The van der Waals surface area contributed by atoms with Gasteiger partial charge in [0.1, 0.15) is 17.1 Å². The highest BCUT2D eigenvalue weighted by Crippen LogP contribution is 2.36. The highest BCUT2D eigenvalue weighted by Gasteiger charge is 2.25. The van der Waals surface area contributed by atoms with Crippen molar-refractivity contribution < 1.29 is 14.3 Å². The molecule has 1 heterocycles. The Morgan fingerprint density at radius 3 is 2.27 bits per heavy atom. The molecule has 0 N–H and O–H groups in total. The number of hydrogen-bond donors (Lipinski definition) is 0. The number of carbonyl (C=O) groups is 1. The number of para-hydroxylation sites is 1. The van der Waals surface area contributed by atoms with Gasteiger partial charge in [0.05, 0.1) is 11.6 Å². The van der Waals surface area contributed by atoms with E-state index in [0.29, 0.717) is 22.1 Å². The first kappa shape index (κ1) is 28.0. The fourth-order valence-electron chi connectivity index (χ4n) is 5.13. The molecule has 0 radical (unpaired) electrons. The van der Waals surface area contributed by atoms with Crippen LogP contribution in [0.5, 0.6) is 11.5 Å². The SMILES string of the molecule is CCOC(=O)c1ccc(N2CCN(C(C)c3ccccc3-c3ccc(Cl)cc3)CC2)cc1Oc1ccccc1Cl. The minimum Gasteiger partial charge on any atom is -0.462 e. The Hall–Kier alpha value is -3.51. The standard InChI is InChI=1S/C33H32Cl2N2O3/c1-3-39-33(38)29-17-16-26(22-32(29)40-31-11-7-6-10-30(31)35)37-20-18-36(19-21-37)23(2)27-8-4-5-9-28(27)24-12-14-25(34)15-13-24/h4-17,22-23H,3,18-21H2,1-2H3. The molecule has 1 unspecified atom stereocenters.